The molecular weight excluding hydrogens is 318 g/mol. The fourth-order valence-electron chi connectivity index (χ4n) is 5.40. The number of phenols is 1. The summed E-state index contributed by atoms with van der Waals surface area (Å²) in [4.78, 5) is 12.7. The number of aromatic hydroxyl groups is 1. The van der Waals surface area contributed by atoms with Gasteiger partial charge in [0.25, 0.3) is 0 Å². The summed E-state index contributed by atoms with van der Waals surface area (Å²) in [6.45, 7) is 0.987. The zero-order valence-corrected chi connectivity index (χ0v) is 15.3. The molecule has 1 aromatic rings. The van der Waals surface area contributed by atoms with Crippen LogP contribution >= 0.6 is 0 Å². The number of hydrogen-bond acceptors (Lipinski definition) is 4. The van der Waals surface area contributed by atoms with E-state index < -0.39 is 0 Å². The number of quaternary nitrogens is 1. The minimum Gasteiger partial charge on any atom is -0.504 e. The van der Waals surface area contributed by atoms with Crippen molar-refractivity contribution in [3.8, 4) is 11.5 Å². The lowest BCUT2D eigenvalue weighted by Gasteiger charge is -2.58. The van der Waals surface area contributed by atoms with Gasteiger partial charge < -0.3 is 19.1 Å². The van der Waals surface area contributed by atoms with Crippen LogP contribution < -0.4 is 4.74 Å². The van der Waals surface area contributed by atoms with Gasteiger partial charge in [0.05, 0.1) is 34.9 Å². The lowest BCUT2D eigenvalue weighted by molar-refractivity contribution is -0.925. The number of carbonyl (C=O) groups excluding carboxylic acids is 1. The molecule has 1 N–H and O–H groups in total. The van der Waals surface area contributed by atoms with Gasteiger partial charge in [-0.25, -0.2) is 0 Å². The van der Waals surface area contributed by atoms with Gasteiger partial charge in [-0.1, -0.05) is 6.07 Å². The number of ketones is 1. The maximum absolute atomic E-state index is 12.7. The van der Waals surface area contributed by atoms with Crippen LogP contribution in [0, 0.1) is 5.92 Å². The van der Waals surface area contributed by atoms with Crippen LogP contribution in [0.1, 0.15) is 24.0 Å². The van der Waals surface area contributed by atoms with E-state index in [0.29, 0.717) is 24.0 Å². The van der Waals surface area contributed by atoms with Gasteiger partial charge in [0.1, 0.15) is 6.04 Å². The van der Waals surface area contributed by atoms with Crippen molar-refractivity contribution in [3.05, 3.63) is 35.1 Å². The second kappa shape index (κ2) is 5.24. The molecule has 0 amide bonds. The number of rotatable bonds is 2. The minimum atomic E-state index is -0.357. The summed E-state index contributed by atoms with van der Waals surface area (Å²) in [5.41, 5.74) is 1.71. The topological polar surface area (TPSA) is 55.8 Å². The van der Waals surface area contributed by atoms with Crippen molar-refractivity contribution >= 4 is 5.78 Å². The SMILES string of the molecule is COC1=C[C@@H]2[C@H]3Cc4ccc(OC)c(O)c4[C@@]2(CC[N+]3(C)C)CC1=O. The first-order valence-electron chi connectivity index (χ1n) is 8.85. The smallest absolute Gasteiger partial charge is 0.197 e. The molecule has 2 aliphatic carbocycles. The predicted octanol–water partition coefficient (Wildman–Crippen LogP) is 2.16. The number of methoxy groups -OCH3 is 2. The molecule has 0 radical (unpaired) electrons. The highest BCUT2D eigenvalue weighted by atomic mass is 16.5. The normalized spacial score (nSPS) is 32.3. The Morgan fingerprint density at radius 1 is 1.24 bits per heavy atom. The Morgan fingerprint density at radius 3 is 2.68 bits per heavy atom. The number of carbonyl (C=O) groups is 1. The molecule has 1 aromatic carbocycles. The van der Waals surface area contributed by atoms with Gasteiger partial charge in [-0.3, -0.25) is 4.79 Å². The average molecular weight is 344 g/mol. The molecule has 0 aromatic heterocycles. The summed E-state index contributed by atoms with van der Waals surface area (Å²) in [5.74, 6) is 1.36. The Bertz CT molecular complexity index is 782. The quantitative estimate of drug-likeness (QED) is 0.836. The number of hydrogen-bond donors (Lipinski definition) is 1. The number of ether oxygens (including phenoxy) is 2. The number of likely N-dealkylation sites (tertiary alicyclic amines) is 1. The van der Waals surface area contributed by atoms with Crippen LogP contribution in [0.15, 0.2) is 24.0 Å². The van der Waals surface area contributed by atoms with Gasteiger partial charge in [-0.2, -0.15) is 0 Å². The maximum Gasteiger partial charge on any atom is 0.197 e. The molecule has 1 saturated heterocycles. The third kappa shape index (κ3) is 2.08. The average Bonchev–Trinajstić information content (AvgIpc) is 2.58. The van der Waals surface area contributed by atoms with Gasteiger partial charge >= 0.3 is 0 Å². The van der Waals surface area contributed by atoms with E-state index in [1.54, 1.807) is 14.2 Å². The fraction of sp³-hybridized carbons (Fsp3) is 0.550. The molecule has 0 unspecified atom stereocenters. The Labute approximate surface area is 148 Å². The van der Waals surface area contributed by atoms with Crippen LogP contribution in [0.5, 0.6) is 11.5 Å². The number of benzene rings is 1. The van der Waals surface area contributed by atoms with Crippen LogP contribution in [0.2, 0.25) is 0 Å². The number of piperidine rings is 1. The van der Waals surface area contributed by atoms with E-state index in [0.717, 1.165) is 35.0 Å². The standard InChI is InChI=1S/C20H25NO4/c1-21(2)8-7-20-11-15(22)17(25-4)10-13(20)14(21)9-12-5-6-16(24-3)19(23)18(12)20/h5-6,10,13-14H,7-9,11H2,1-4H3/p+1/t13-,14-,20+/m1/s1. The van der Waals surface area contributed by atoms with Gasteiger partial charge in [-0.15, -0.1) is 0 Å². The molecule has 3 atom stereocenters. The van der Waals surface area contributed by atoms with Gasteiger partial charge in [0, 0.05) is 36.2 Å². The van der Waals surface area contributed by atoms with Gasteiger partial charge in [-0.05, 0) is 17.7 Å². The van der Waals surface area contributed by atoms with Crippen molar-refractivity contribution in [1.82, 2.24) is 0 Å². The Balaban J connectivity index is 1.99. The zero-order chi connectivity index (χ0) is 18.0. The summed E-state index contributed by atoms with van der Waals surface area (Å²) < 4.78 is 11.6. The first kappa shape index (κ1) is 16.5. The lowest BCUT2D eigenvalue weighted by atomic mass is 9.53. The molecule has 5 heteroatoms. The first-order valence-corrected chi connectivity index (χ1v) is 8.85. The molecule has 1 fully saturated rings. The Kier molecular flexibility index (Phi) is 3.45. The summed E-state index contributed by atoms with van der Waals surface area (Å²) in [5, 5.41) is 10.9. The van der Waals surface area contributed by atoms with Crippen LogP contribution in [0.3, 0.4) is 0 Å². The first-order chi connectivity index (χ1) is 11.8. The summed E-state index contributed by atoms with van der Waals surface area (Å²) in [6, 6.07) is 4.26. The monoisotopic (exact) mass is 344 g/mol. The van der Waals surface area contributed by atoms with E-state index >= 15 is 0 Å². The van der Waals surface area contributed by atoms with Crippen molar-refractivity contribution in [1.29, 1.82) is 0 Å². The molecule has 134 valence electrons. The van der Waals surface area contributed by atoms with E-state index in [9.17, 15) is 9.90 Å². The molecule has 25 heavy (non-hydrogen) atoms. The van der Waals surface area contributed by atoms with Crippen molar-refractivity contribution in [3.63, 3.8) is 0 Å². The molecule has 4 rings (SSSR count). The molecule has 3 aliphatic rings. The fourth-order valence-corrected chi connectivity index (χ4v) is 5.40. The molecule has 0 spiro atoms. The van der Waals surface area contributed by atoms with E-state index in [1.807, 2.05) is 12.1 Å². The molecule has 1 aliphatic heterocycles. The van der Waals surface area contributed by atoms with Crippen LogP contribution in [-0.2, 0) is 21.4 Å². The van der Waals surface area contributed by atoms with Crippen LogP contribution in [-0.4, -0.2) is 56.3 Å². The van der Waals surface area contributed by atoms with Gasteiger partial charge in [0.15, 0.2) is 23.0 Å². The molecule has 1 heterocycles. The third-order valence-electron chi connectivity index (χ3n) is 6.76. The van der Waals surface area contributed by atoms with Crippen molar-refractivity contribution in [2.75, 3.05) is 34.9 Å². The zero-order valence-electron chi connectivity index (χ0n) is 15.3. The predicted molar refractivity (Wildman–Crippen MR) is 93.6 cm³/mol. The van der Waals surface area contributed by atoms with Crippen molar-refractivity contribution in [2.24, 2.45) is 5.92 Å². The van der Waals surface area contributed by atoms with Crippen molar-refractivity contribution in [2.45, 2.75) is 30.7 Å². The molecular formula is C20H26NO4+. The highest BCUT2D eigenvalue weighted by Crippen LogP contribution is 2.58. The Hall–Kier alpha value is -2.01. The van der Waals surface area contributed by atoms with Crippen LogP contribution in [0.4, 0.5) is 0 Å². The second-order valence-corrected chi connectivity index (χ2v) is 8.19. The second-order valence-electron chi connectivity index (χ2n) is 8.19. The van der Waals surface area contributed by atoms with E-state index in [2.05, 4.69) is 20.2 Å². The van der Waals surface area contributed by atoms with Crippen molar-refractivity contribution < 1.29 is 23.9 Å². The summed E-state index contributed by atoms with van der Waals surface area (Å²) in [6.07, 6.45) is 4.17. The molecule has 2 bridgehead atoms. The largest absolute Gasteiger partial charge is 0.504 e. The maximum atomic E-state index is 12.7. The highest BCUT2D eigenvalue weighted by Gasteiger charge is 2.60. The number of likely N-dealkylation sites (N-methyl/N-ethyl adjacent to an activating group) is 1. The number of allylic oxidation sites excluding steroid dienone is 1. The molecule has 0 saturated carbocycles. The van der Waals surface area contributed by atoms with E-state index in [-0.39, 0.29) is 22.9 Å². The molecule has 5 nitrogen and oxygen atoms in total. The number of phenolic OH excluding ortho intramolecular Hbond substituents is 1. The number of Topliss-reactive ketones (excluding diaryl/α,β-unsaturated/α-hetero) is 1. The number of nitrogens with zero attached hydrogens (tertiary/aromatic N) is 1. The highest BCUT2D eigenvalue weighted by molar-refractivity contribution is 5.96. The summed E-state index contributed by atoms with van der Waals surface area (Å²) >= 11 is 0. The Morgan fingerprint density at radius 2 is 2.00 bits per heavy atom. The minimum absolute atomic E-state index is 0.0276. The van der Waals surface area contributed by atoms with Crippen LogP contribution in [0.25, 0.3) is 0 Å². The van der Waals surface area contributed by atoms with Gasteiger partial charge in [0.2, 0.25) is 0 Å². The van der Waals surface area contributed by atoms with E-state index in [1.165, 1.54) is 0 Å². The summed E-state index contributed by atoms with van der Waals surface area (Å²) in [7, 11) is 7.66. The third-order valence-corrected chi connectivity index (χ3v) is 6.76. The lowest BCUT2D eigenvalue weighted by Crippen LogP contribution is -2.67. The van der Waals surface area contributed by atoms with E-state index in [4.69, 9.17) is 9.47 Å². The number of fused-ring (bicyclic) bond motifs is 1.